The maximum atomic E-state index is 11.4. The topological polar surface area (TPSA) is 131 Å². The fourth-order valence-corrected chi connectivity index (χ4v) is 3.28. The third-order valence-electron chi connectivity index (χ3n) is 4.85. The molecule has 0 spiro atoms. The summed E-state index contributed by atoms with van der Waals surface area (Å²) in [5.41, 5.74) is -0.238. The van der Waals surface area contributed by atoms with Gasteiger partial charge in [-0.15, -0.1) is 0 Å². The molecule has 2 fully saturated rings. The molecule has 0 aromatic carbocycles. The number of ether oxygens (including phenoxy) is 2. The van der Waals surface area contributed by atoms with Crippen LogP contribution in [-0.4, -0.2) is 63.7 Å². The van der Waals surface area contributed by atoms with Crippen LogP contribution in [0.3, 0.4) is 0 Å². The molecule has 0 radical (unpaired) electrons. The highest BCUT2D eigenvalue weighted by Gasteiger charge is 2.59. The van der Waals surface area contributed by atoms with Crippen LogP contribution in [0.15, 0.2) is 6.20 Å². The number of rotatable bonds is 6. The lowest BCUT2D eigenvalue weighted by atomic mass is 9.88. The Hall–Kier alpha value is -2.63. The van der Waals surface area contributed by atoms with Gasteiger partial charge in [0.15, 0.2) is 0 Å². The summed E-state index contributed by atoms with van der Waals surface area (Å²) in [6.07, 6.45) is -1.41. The number of hydrogen-bond donors (Lipinski definition) is 3. The summed E-state index contributed by atoms with van der Waals surface area (Å²) in [6, 6.07) is 0. The highest BCUT2D eigenvalue weighted by molar-refractivity contribution is 5.76. The third kappa shape index (κ3) is 5.25. The third-order valence-corrected chi connectivity index (χ3v) is 4.85. The van der Waals surface area contributed by atoms with E-state index in [4.69, 9.17) is 19.4 Å². The standard InChI is InChI=1S/C15H21N3O4.C2HF3O2/c1-3-21-11-10(2)6-16-13(18-11)17-8-15-5-4-14(7-15,9-22-15)12(19)20;3-2(4,5)1(6)7/h6H,3-5,7-9H2,1-2H3,(H,19,20)(H,16,17,18);(H,6,7). The first-order valence-corrected chi connectivity index (χ1v) is 8.81. The average Bonchev–Trinajstić information content (AvgIpc) is 3.20. The van der Waals surface area contributed by atoms with Crippen LogP contribution in [0.1, 0.15) is 31.7 Å². The summed E-state index contributed by atoms with van der Waals surface area (Å²) in [7, 11) is 0. The van der Waals surface area contributed by atoms with Gasteiger partial charge >= 0.3 is 18.1 Å². The minimum absolute atomic E-state index is 0.295. The zero-order chi connectivity index (χ0) is 21.9. The van der Waals surface area contributed by atoms with E-state index in [1.54, 1.807) is 6.20 Å². The second-order valence-corrected chi connectivity index (χ2v) is 7.01. The molecule has 9 nitrogen and oxygen atoms in total. The maximum absolute atomic E-state index is 11.4. The summed E-state index contributed by atoms with van der Waals surface area (Å²) < 4.78 is 43.0. The molecule has 162 valence electrons. The van der Waals surface area contributed by atoms with E-state index in [1.165, 1.54) is 0 Å². The molecule has 2 aliphatic rings. The van der Waals surface area contributed by atoms with Crippen LogP contribution < -0.4 is 10.1 Å². The van der Waals surface area contributed by atoms with E-state index in [1.807, 2.05) is 13.8 Å². The summed E-state index contributed by atoms with van der Waals surface area (Å²) in [5.74, 6) is -2.47. The normalized spacial score (nSPS) is 25.1. The number of aliphatic carboxylic acids is 2. The van der Waals surface area contributed by atoms with Gasteiger partial charge in [-0.3, -0.25) is 4.79 Å². The number of halogens is 3. The van der Waals surface area contributed by atoms with Crippen molar-refractivity contribution in [3.8, 4) is 5.88 Å². The number of hydrogen-bond acceptors (Lipinski definition) is 7. The molecule has 1 aliphatic carbocycles. The summed E-state index contributed by atoms with van der Waals surface area (Å²) >= 11 is 0. The van der Waals surface area contributed by atoms with Gasteiger partial charge in [0.05, 0.1) is 24.2 Å². The van der Waals surface area contributed by atoms with Gasteiger partial charge in [0.1, 0.15) is 0 Å². The Bertz CT molecular complexity index is 763. The van der Waals surface area contributed by atoms with Crippen molar-refractivity contribution < 1.29 is 42.4 Å². The van der Waals surface area contributed by atoms with E-state index < -0.39 is 29.1 Å². The van der Waals surface area contributed by atoms with Crippen LogP contribution in [0.5, 0.6) is 5.88 Å². The minimum Gasteiger partial charge on any atom is -0.481 e. The van der Waals surface area contributed by atoms with Crippen molar-refractivity contribution in [2.45, 2.75) is 44.9 Å². The smallest absolute Gasteiger partial charge is 0.481 e. The number of carbonyl (C=O) groups is 2. The zero-order valence-corrected chi connectivity index (χ0v) is 15.9. The van der Waals surface area contributed by atoms with E-state index in [-0.39, 0.29) is 0 Å². The van der Waals surface area contributed by atoms with Crippen molar-refractivity contribution in [1.29, 1.82) is 0 Å². The first-order valence-electron chi connectivity index (χ1n) is 8.81. The summed E-state index contributed by atoms with van der Waals surface area (Å²) in [6.45, 7) is 5.15. The predicted octanol–water partition coefficient (Wildman–Crippen LogP) is 2.25. The molecule has 1 aliphatic heterocycles. The summed E-state index contributed by atoms with van der Waals surface area (Å²) in [5, 5.41) is 19.7. The van der Waals surface area contributed by atoms with E-state index in [0.717, 1.165) is 12.0 Å². The fourth-order valence-electron chi connectivity index (χ4n) is 3.28. The van der Waals surface area contributed by atoms with Crippen molar-refractivity contribution in [2.24, 2.45) is 5.41 Å². The van der Waals surface area contributed by atoms with Crippen LogP contribution >= 0.6 is 0 Å². The molecule has 0 amide bonds. The Labute approximate surface area is 164 Å². The van der Waals surface area contributed by atoms with Crippen molar-refractivity contribution in [1.82, 2.24) is 9.97 Å². The molecule has 2 heterocycles. The largest absolute Gasteiger partial charge is 0.490 e. The van der Waals surface area contributed by atoms with Gasteiger partial charge in [-0.2, -0.15) is 18.2 Å². The quantitative estimate of drug-likeness (QED) is 0.633. The van der Waals surface area contributed by atoms with Gasteiger partial charge in [-0.25, -0.2) is 9.78 Å². The molecule has 29 heavy (non-hydrogen) atoms. The minimum atomic E-state index is -5.08. The Kier molecular flexibility index (Phi) is 6.56. The molecule has 1 aromatic rings. The van der Waals surface area contributed by atoms with Crippen molar-refractivity contribution in [3.63, 3.8) is 0 Å². The van der Waals surface area contributed by atoms with Gasteiger partial charge in [0.2, 0.25) is 11.8 Å². The molecular formula is C17H22F3N3O6. The number of nitrogens with one attached hydrogen (secondary N) is 1. The second-order valence-electron chi connectivity index (χ2n) is 7.01. The lowest BCUT2D eigenvalue weighted by Crippen LogP contribution is -2.35. The van der Waals surface area contributed by atoms with Gasteiger partial charge in [0.25, 0.3) is 0 Å². The highest BCUT2D eigenvalue weighted by Crippen LogP contribution is 2.53. The molecule has 2 bridgehead atoms. The molecule has 1 saturated carbocycles. The maximum Gasteiger partial charge on any atom is 0.490 e. The number of aromatic nitrogens is 2. The van der Waals surface area contributed by atoms with Crippen molar-refractivity contribution in [2.75, 3.05) is 25.1 Å². The fraction of sp³-hybridized carbons (Fsp3) is 0.647. The molecule has 3 rings (SSSR count). The number of alkyl halides is 3. The zero-order valence-electron chi connectivity index (χ0n) is 15.9. The van der Waals surface area contributed by atoms with Gasteiger partial charge < -0.3 is 25.0 Å². The van der Waals surface area contributed by atoms with Crippen LogP contribution in [0.2, 0.25) is 0 Å². The van der Waals surface area contributed by atoms with Crippen molar-refractivity contribution >= 4 is 17.9 Å². The van der Waals surface area contributed by atoms with E-state index >= 15 is 0 Å². The van der Waals surface area contributed by atoms with Crippen LogP contribution in [-0.2, 0) is 14.3 Å². The Morgan fingerprint density at radius 3 is 2.45 bits per heavy atom. The molecule has 3 N–H and O–H groups in total. The lowest BCUT2D eigenvalue weighted by Gasteiger charge is -2.27. The Balaban J connectivity index is 0.000000370. The molecule has 2 unspecified atom stereocenters. The van der Waals surface area contributed by atoms with Crippen LogP contribution in [0, 0.1) is 12.3 Å². The predicted molar refractivity (Wildman–Crippen MR) is 92.7 cm³/mol. The Morgan fingerprint density at radius 1 is 1.34 bits per heavy atom. The number of anilines is 1. The van der Waals surface area contributed by atoms with Crippen molar-refractivity contribution in [3.05, 3.63) is 11.8 Å². The van der Waals surface area contributed by atoms with Gasteiger partial charge in [-0.05, 0) is 33.1 Å². The number of carboxylic acids is 2. The van der Waals surface area contributed by atoms with E-state index in [2.05, 4.69) is 15.3 Å². The second kappa shape index (κ2) is 8.39. The molecule has 2 atom stereocenters. The highest BCUT2D eigenvalue weighted by atomic mass is 19.4. The first-order chi connectivity index (χ1) is 13.4. The lowest BCUT2D eigenvalue weighted by molar-refractivity contribution is -0.192. The molecule has 1 aromatic heterocycles. The Morgan fingerprint density at radius 2 is 2.00 bits per heavy atom. The monoisotopic (exact) mass is 421 g/mol. The van der Waals surface area contributed by atoms with Gasteiger partial charge in [-0.1, -0.05) is 0 Å². The van der Waals surface area contributed by atoms with E-state index in [9.17, 15) is 23.1 Å². The first kappa shape index (κ1) is 22.7. The number of nitrogens with zero attached hydrogens (tertiary/aromatic N) is 2. The SMILES string of the molecule is CCOc1nc(NCC23CCC(C(=O)O)(CO2)C3)ncc1C.O=C(O)C(F)(F)F. The number of carboxylic acid groups (broad SMARTS) is 2. The molecular weight excluding hydrogens is 399 g/mol. The van der Waals surface area contributed by atoms with Crippen LogP contribution in [0.4, 0.5) is 19.1 Å². The van der Waals surface area contributed by atoms with Gasteiger partial charge in [0, 0.05) is 18.3 Å². The van der Waals surface area contributed by atoms with Crippen LogP contribution in [0.25, 0.3) is 0 Å². The number of fused-ring (bicyclic) bond motifs is 2. The van der Waals surface area contributed by atoms with E-state index in [0.29, 0.717) is 44.4 Å². The number of aryl methyl sites for hydroxylation is 1. The summed E-state index contributed by atoms with van der Waals surface area (Å²) in [4.78, 5) is 28.9. The molecule has 12 heteroatoms. The average molecular weight is 421 g/mol. The molecule has 1 saturated heterocycles.